The third-order valence-corrected chi connectivity index (χ3v) is 0.468. The highest BCUT2D eigenvalue weighted by Crippen LogP contribution is 2.07. The Kier molecular flexibility index (Phi) is 2.30. The molecule has 0 aliphatic carbocycles. The second-order valence-electron chi connectivity index (χ2n) is 2.57. The molecule has 0 aromatic heterocycles. The first-order chi connectivity index (χ1) is 3.95. The van der Waals surface area contributed by atoms with Crippen LogP contribution in [0.1, 0.15) is 20.8 Å². The van der Waals surface area contributed by atoms with E-state index in [2.05, 4.69) is 9.91 Å². The summed E-state index contributed by atoms with van der Waals surface area (Å²) in [4.78, 5) is 19.6. The van der Waals surface area contributed by atoms with Crippen molar-refractivity contribution in [1.29, 1.82) is 0 Å². The molecular weight excluding hydrogens is 122 g/mol. The van der Waals surface area contributed by atoms with E-state index in [1.807, 2.05) is 0 Å². The van der Waals surface area contributed by atoms with Crippen molar-refractivity contribution >= 4 is 6.09 Å². The molecule has 0 aliphatic rings. The van der Waals surface area contributed by atoms with Crippen LogP contribution < -0.4 is 0 Å². The molecule has 1 amide bonds. The first kappa shape index (κ1) is 8.07. The molecule has 4 heteroatoms. The van der Waals surface area contributed by atoms with Crippen LogP contribution in [0.2, 0.25) is 0 Å². The minimum atomic E-state index is -1.07. The maximum Gasteiger partial charge on any atom is 0.471 e. The van der Waals surface area contributed by atoms with Crippen LogP contribution in [-0.2, 0) is 4.74 Å². The standard InChI is InChI=1S/C5H9NO3/c1-5(2,3)9-4(7)6-8/h1-3H3. The van der Waals surface area contributed by atoms with Gasteiger partial charge in [0, 0.05) is 0 Å². The summed E-state index contributed by atoms with van der Waals surface area (Å²) in [6.45, 7) is 4.99. The minimum Gasteiger partial charge on any atom is -0.440 e. The lowest BCUT2D eigenvalue weighted by molar-refractivity contribution is 0.0601. The molecule has 0 aliphatic heterocycles. The van der Waals surface area contributed by atoms with Crippen LogP contribution >= 0.6 is 0 Å². The predicted octanol–water partition coefficient (Wildman–Crippen LogP) is 1.69. The molecule has 0 N–H and O–H groups in total. The van der Waals surface area contributed by atoms with E-state index in [1.165, 1.54) is 0 Å². The largest absolute Gasteiger partial charge is 0.471 e. The SMILES string of the molecule is CC(C)(C)OC(=O)N=O. The van der Waals surface area contributed by atoms with E-state index in [-0.39, 0.29) is 0 Å². The molecule has 9 heavy (non-hydrogen) atoms. The number of amides is 1. The van der Waals surface area contributed by atoms with Crippen molar-refractivity contribution in [3.8, 4) is 0 Å². The fraction of sp³-hybridized carbons (Fsp3) is 0.800. The van der Waals surface area contributed by atoms with E-state index in [9.17, 15) is 9.70 Å². The van der Waals surface area contributed by atoms with Gasteiger partial charge in [0.05, 0.1) is 5.18 Å². The number of nitroso groups, excluding NO2 is 1. The van der Waals surface area contributed by atoms with Crippen LogP contribution in [0, 0.1) is 4.91 Å². The Bertz CT molecular complexity index is 125. The van der Waals surface area contributed by atoms with Crippen LogP contribution in [0.5, 0.6) is 0 Å². The van der Waals surface area contributed by atoms with Gasteiger partial charge in [-0.05, 0) is 20.8 Å². The summed E-state index contributed by atoms with van der Waals surface area (Å²) in [5.74, 6) is 0. The van der Waals surface area contributed by atoms with Gasteiger partial charge in [-0.2, -0.15) is 0 Å². The minimum absolute atomic E-state index is 0.620. The zero-order valence-electron chi connectivity index (χ0n) is 5.67. The average molecular weight is 131 g/mol. The quantitative estimate of drug-likeness (QED) is 0.470. The summed E-state index contributed by atoms with van der Waals surface area (Å²) < 4.78 is 4.47. The number of hydrogen-bond donors (Lipinski definition) is 0. The molecule has 0 aromatic rings. The highest BCUT2D eigenvalue weighted by atomic mass is 16.6. The second kappa shape index (κ2) is 2.57. The Hall–Kier alpha value is -0.930. The molecule has 52 valence electrons. The average Bonchev–Trinajstić information content (AvgIpc) is 1.62. The lowest BCUT2D eigenvalue weighted by atomic mass is 10.2. The van der Waals surface area contributed by atoms with Gasteiger partial charge in [-0.15, -0.1) is 4.91 Å². The van der Waals surface area contributed by atoms with Gasteiger partial charge >= 0.3 is 6.09 Å². The van der Waals surface area contributed by atoms with E-state index in [0.29, 0.717) is 0 Å². The number of carbonyl (C=O) groups is 1. The molecule has 0 unspecified atom stereocenters. The fourth-order valence-corrected chi connectivity index (χ4v) is 0.281. The molecular formula is C5H9NO3. The molecule has 0 heterocycles. The van der Waals surface area contributed by atoms with Gasteiger partial charge in [0.2, 0.25) is 0 Å². The van der Waals surface area contributed by atoms with Crippen molar-refractivity contribution in [2.24, 2.45) is 5.18 Å². The van der Waals surface area contributed by atoms with Gasteiger partial charge in [0.15, 0.2) is 0 Å². The van der Waals surface area contributed by atoms with Crippen LogP contribution in [0.3, 0.4) is 0 Å². The van der Waals surface area contributed by atoms with Gasteiger partial charge in [-0.3, -0.25) is 0 Å². The Balaban J connectivity index is 3.74. The summed E-state index contributed by atoms with van der Waals surface area (Å²) in [5.41, 5.74) is -0.620. The zero-order chi connectivity index (χ0) is 7.49. The van der Waals surface area contributed by atoms with E-state index < -0.39 is 11.7 Å². The number of nitrogens with zero attached hydrogens (tertiary/aromatic N) is 1. The Morgan fingerprint density at radius 2 is 1.89 bits per heavy atom. The van der Waals surface area contributed by atoms with Gasteiger partial charge in [-0.25, -0.2) is 4.79 Å². The number of rotatable bonds is 0. The molecule has 0 saturated carbocycles. The van der Waals surface area contributed by atoms with Crippen molar-refractivity contribution in [1.82, 2.24) is 0 Å². The molecule has 0 saturated heterocycles. The highest BCUT2D eigenvalue weighted by Gasteiger charge is 2.15. The summed E-state index contributed by atoms with van der Waals surface area (Å²) >= 11 is 0. The van der Waals surface area contributed by atoms with Crippen molar-refractivity contribution < 1.29 is 9.53 Å². The van der Waals surface area contributed by atoms with E-state index in [4.69, 9.17) is 0 Å². The van der Waals surface area contributed by atoms with Crippen LogP contribution in [0.15, 0.2) is 5.18 Å². The van der Waals surface area contributed by atoms with E-state index in [0.717, 1.165) is 0 Å². The molecule has 0 bridgehead atoms. The summed E-state index contributed by atoms with van der Waals surface area (Å²) in [7, 11) is 0. The molecule has 0 aromatic carbocycles. The fourth-order valence-electron chi connectivity index (χ4n) is 0.281. The predicted molar refractivity (Wildman–Crippen MR) is 32.0 cm³/mol. The van der Waals surface area contributed by atoms with Crippen molar-refractivity contribution in [3.05, 3.63) is 4.91 Å². The van der Waals surface area contributed by atoms with Crippen molar-refractivity contribution in [3.63, 3.8) is 0 Å². The maximum absolute atomic E-state index is 10.1. The van der Waals surface area contributed by atoms with Gasteiger partial charge in [0.25, 0.3) is 0 Å². The second-order valence-corrected chi connectivity index (χ2v) is 2.57. The summed E-state index contributed by atoms with van der Waals surface area (Å²) in [5, 5.41) is 2.06. The van der Waals surface area contributed by atoms with Gasteiger partial charge < -0.3 is 4.74 Å². The molecule has 0 fully saturated rings. The molecule has 0 spiro atoms. The molecule has 0 rings (SSSR count). The highest BCUT2D eigenvalue weighted by molar-refractivity contribution is 5.68. The van der Waals surface area contributed by atoms with E-state index in [1.54, 1.807) is 20.8 Å². The van der Waals surface area contributed by atoms with Crippen molar-refractivity contribution in [2.45, 2.75) is 26.4 Å². The maximum atomic E-state index is 10.1. The molecule has 0 atom stereocenters. The van der Waals surface area contributed by atoms with Gasteiger partial charge in [-0.1, -0.05) is 0 Å². The van der Waals surface area contributed by atoms with Gasteiger partial charge in [0.1, 0.15) is 5.60 Å². The first-order valence-electron chi connectivity index (χ1n) is 2.52. The lowest BCUT2D eigenvalue weighted by Gasteiger charge is -2.15. The van der Waals surface area contributed by atoms with Crippen LogP contribution in [0.25, 0.3) is 0 Å². The number of hydrogen-bond acceptors (Lipinski definition) is 3. The topological polar surface area (TPSA) is 55.7 Å². The Labute approximate surface area is 53.2 Å². The Morgan fingerprint density at radius 3 is 2.00 bits per heavy atom. The smallest absolute Gasteiger partial charge is 0.440 e. The van der Waals surface area contributed by atoms with Crippen LogP contribution in [0.4, 0.5) is 4.79 Å². The number of ether oxygens (including phenoxy) is 1. The summed E-state index contributed by atoms with van der Waals surface area (Å²) in [6.07, 6.45) is -1.07. The monoisotopic (exact) mass is 131 g/mol. The van der Waals surface area contributed by atoms with E-state index >= 15 is 0 Å². The zero-order valence-corrected chi connectivity index (χ0v) is 5.67. The van der Waals surface area contributed by atoms with Crippen molar-refractivity contribution in [2.75, 3.05) is 0 Å². The molecule has 4 nitrogen and oxygen atoms in total. The number of carbonyl (C=O) groups excluding carboxylic acids is 1. The third-order valence-electron chi connectivity index (χ3n) is 0.468. The third kappa shape index (κ3) is 4.93. The summed E-state index contributed by atoms with van der Waals surface area (Å²) in [6, 6.07) is 0. The normalized spacial score (nSPS) is 10.6. The molecule has 0 radical (unpaired) electrons. The van der Waals surface area contributed by atoms with Crippen LogP contribution in [-0.4, -0.2) is 11.7 Å². The lowest BCUT2D eigenvalue weighted by Crippen LogP contribution is -2.21. The Morgan fingerprint density at radius 1 is 1.44 bits per heavy atom. The first-order valence-corrected chi connectivity index (χ1v) is 2.52.